The zero-order chi connectivity index (χ0) is 23.6. The molecule has 0 N–H and O–H groups in total. The molecule has 0 radical (unpaired) electrons. The standard InChI is InChI=1S/C31H25N3O/c35-30-22-33(21-23-10-2-1-3-11-23)31(29-19-9-15-25-13-5-7-18-28(25)29)34(30)32-20-26-16-8-14-24-12-4-6-17-27(24)26/h1-20,31H,21-22H2/b32-20-/t31-/m0/s1. The van der Waals surface area contributed by atoms with Gasteiger partial charge in [-0.15, -0.1) is 0 Å². The van der Waals surface area contributed by atoms with Crippen molar-refractivity contribution in [3.8, 4) is 0 Å². The Labute approximate surface area is 204 Å². The van der Waals surface area contributed by atoms with Crippen LogP contribution in [0.15, 0.2) is 120 Å². The molecule has 1 amide bonds. The van der Waals surface area contributed by atoms with E-state index in [2.05, 4.69) is 65.6 Å². The lowest BCUT2D eigenvalue weighted by Gasteiger charge is -2.28. The summed E-state index contributed by atoms with van der Waals surface area (Å²) < 4.78 is 0. The maximum absolute atomic E-state index is 13.4. The average Bonchev–Trinajstić information content (AvgIpc) is 3.21. The van der Waals surface area contributed by atoms with E-state index in [1.54, 1.807) is 5.01 Å². The van der Waals surface area contributed by atoms with E-state index in [0.29, 0.717) is 13.1 Å². The Morgan fingerprint density at radius 3 is 2.14 bits per heavy atom. The molecule has 6 rings (SSSR count). The first-order valence-corrected chi connectivity index (χ1v) is 11.9. The lowest BCUT2D eigenvalue weighted by atomic mass is 10.0. The number of carbonyl (C=O) groups is 1. The van der Waals surface area contributed by atoms with Crippen molar-refractivity contribution in [2.24, 2.45) is 5.10 Å². The third kappa shape index (κ3) is 4.09. The molecule has 170 valence electrons. The van der Waals surface area contributed by atoms with E-state index in [9.17, 15) is 4.79 Å². The molecule has 1 aliphatic heterocycles. The minimum atomic E-state index is -0.292. The van der Waals surface area contributed by atoms with Crippen LogP contribution in [-0.4, -0.2) is 28.6 Å². The van der Waals surface area contributed by atoms with Gasteiger partial charge >= 0.3 is 0 Å². The highest BCUT2D eigenvalue weighted by molar-refractivity contribution is 6.00. The molecule has 1 saturated heterocycles. The fourth-order valence-electron chi connectivity index (χ4n) is 5.00. The maximum Gasteiger partial charge on any atom is 0.258 e. The Kier molecular flexibility index (Phi) is 5.57. The number of benzene rings is 5. The van der Waals surface area contributed by atoms with E-state index in [1.807, 2.05) is 60.8 Å². The summed E-state index contributed by atoms with van der Waals surface area (Å²) in [5, 5.41) is 11.0. The molecule has 35 heavy (non-hydrogen) atoms. The monoisotopic (exact) mass is 455 g/mol. The topological polar surface area (TPSA) is 35.9 Å². The van der Waals surface area contributed by atoms with Crippen LogP contribution in [0.2, 0.25) is 0 Å². The maximum atomic E-state index is 13.4. The zero-order valence-corrected chi connectivity index (χ0v) is 19.3. The molecule has 0 spiro atoms. The predicted molar refractivity (Wildman–Crippen MR) is 142 cm³/mol. The van der Waals surface area contributed by atoms with Gasteiger partial charge < -0.3 is 0 Å². The highest BCUT2D eigenvalue weighted by Gasteiger charge is 2.39. The number of rotatable bonds is 5. The third-order valence-electron chi connectivity index (χ3n) is 6.65. The van der Waals surface area contributed by atoms with Crippen LogP contribution in [0.1, 0.15) is 22.9 Å². The van der Waals surface area contributed by atoms with Crippen LogP contribution in [0.25, 0.3) is 21.5 Å². The first-order valence-electron chi connectivity index (χ1n) is 11.9. The first kappa shape index (κ1) is 21.3. The van der Waals surface area contributed by atoms with Crippen LogP contribution < -0.4 is 0 Å². The van der Waals surface area contributed by atoms with Crippen molar-refractivity contribution < 1.29 is 4.79 Å². The zero-order valence-electron chi connectivity index (χ0n) is 19.3. The van der Waals surface area contributed by atoms with E-state index in [0.717, 1.165) is 32.7 Å². The minimum Gasteiger partial charge on any atom is -0.271 e. The fourth-order valence-corrected chi connectivity index (χ4v) is 5.00. The van der Waals surface area contributed by atoms with Crippen molar-refractivity contribution in [3.63, 3.8) is 0 Å². The normalized spacial score (nSPS) is 16.6. The van der Waals surface area contributed by atoms with E-state index < -0.39 is 0 Å². The van der Waals surface area contributed by atoms with Gasteiger partial charge in [-0.25, -0.2) is 5.01 Å². The second-order valence-electron chi connectivity index (χ2n) is 8.88. The summed E-state index contributed by atoms with van der Waals surface area (Å²) in [5.74, 6) is -0.00430. The molecule has 1 heterocycles. The lowest BCUT2D eigenvalue weighted by Crippen LogP contribution is -2.29. The van der Waals surface area contributed by atoms with Gasteiger partial charge in [0, 0.05) is 12.1 Å². The van der Waals surface area contributed by atoms with Crippen molar-refractivity contribution >= 4 is 33.7 Å². The van der Waals surface area contributed by atoms with Crippen molar-refractivity contribution in [1.82, 2.24) is 9.91 Å². The van der Waals surface area contributed by atoms with Crippen LogP contribution in [-0.2, 0) is 11.3 Å². The van der Waals surface area contributed by atoms with Crippen LogP contribution in [0.4, 0.5) is 0 Å². The largest absolute Gasteiger partial charge is 0.271 e. The Balaban J connectivity index is 1.44. The summed E-state index contributed by atoms with van der Waals surface area (Å²) >= 11 is 0. The highest BCUT2D eigenvalue weighted by Crippen LogP contribution is 2.36. The molecule has 1 atom stereocenters. The second-order valence-corrected chi connectivity index (χ2v) is 8.88. The number of fused-ring (bicyclic) bond motifs is 2. The van der Waals surface area contributed by atoms with Crippen LogP contribution in [0, 0.1) is 0 Å². The van der Waals surface area contributed by atoms with Gasteiger partial charge in [-0.05, 0) is 32.7 Å². The SMILES string of the molecule is O=C1CN(Cc2ccccc2)[C@H](c2cccc3ccccc23)N1/N=C\c1cccc2ccccc12. The Hall–Kier alpha value is -4.28. The highest BCUT2D eigenvalue weighted by atomic mass is 16.2. The average molecular weight is 456 g/mol. The summed E-state index contributed by atoms with van der Waals surface area (Å²) in [6.07, 6.45) is 1.53. The van der Waals surface area contributed by atoms with Gasteiger partial charge in [0.15, 0.2) is 0 Å². The molecule has 5 aromatic carbocycles. The molecule has 0 aliphatic carbocycles. The van der Waals surface area contributed by atoms with Crippen molar-refractivity contribution in [2.75, 3.05) is 6.54 Å². The molecule has 4 nitrogen and oxygen atoms in total. The Morgan fingerprint density at radius 1 is 0.714 bits per heavy atom. The number of nitrogens with zero attached hydrogens (tertiary/aromatic N) is 3. The van der Waals surface area contributed by atoms with Crippen LogP contribution in [0.3, 0.4) is 0 Å². The molecule has 0 saturated carbocycles. The summed E-state index contributed by atoms with van der Waals surface area (Å²) in [4.78, 5) is 15.6. The number of carbonyl (C=O) groups excluding carboxylic acids is 1. The summed E-state index contributed by atoms with van der Waals surface area (Å²) in [6.45, 7) is 0.983. The van der Waals surface area contributed by atoms with E-state index in [4.69, 9.17) is 5.10 Å². The van der Waals surface area contributed by atoms with E-state index in [1.165, 1.54) is 5.56 Å². The van der Waals surface area contributed by atoms with E-state index >= 15 is 0 Å². The van der Waals surface area contributed by atoms with Crippen molar-refractivity contribution in [3.05, 3.63) is 132 Å². The molecule has 0 aromatic heterocycles. The predicted octanol–water partition coefficient (Wildman–Crippen LogP) is 6.37. The summed E-state index contributed by atoms with van der Waals surface area (Å²) in [7, 11) is 0. The minimum absolute atomic E-state index is 0.00430. The fraction of sp³-hybridized carbons (Fsp3) is 0.0968. The van der Waals surface area contributed by atoms with Gasteiger partial charge in [0.2, 0.25) is 0 Å². The van der Waals surface area contributed by atoms with Gasteiger partial charge in [0.05, 0.1) is 12.8 Å². The first-order chi connectivity index (χ1) is 17.3. The van der Waals surface area contributed by atoms with Crippen LogP contribution in [0.5, 0.6) is 0 Å². The van der Waals surface area contributed by atoms with Gasteiger partial charge in [-0.1, -0.05) is 115 Å². The number of hydrazone groups is 1. The number of amides is 1. The van der Waals surface area contributed by atoms with Crippen LogP contribution >= 0.6 is 0 Å². The third-order valence-corrected chi connectivity index (χ3v) is 6.65. The Bertz CT molecular complexity index is 1530. The summed E-state index contributed by atoms with van der Waals surface area (Å²) in [5.41, 5.74) is 3.25. The smallest absolute Gasteiger partial charge is 0.258 e. The van der Waals surface area contributed by atoms with E-state index in [-0.39, 0.29) is 12.1 Å². The van der Waals surface area contributed by atoms with Gasteiger partial charge in [0.1, 0.15) is 6.17 Å². The molecular weight excluding hydrogens is 430 g/mol. The molecule has 4 heteroatoms. The van der Waals surface area contributed by atoms with Gasteiger partial charge in [-0.3, -0.25) is 9.69 Å². The quantitative estimate of drug-likeness (QED) is 0.289. The number of hydrogen-bond donors (Lipinski definition) is 0. The Morgan fingerprint density at radius 2 is 1.34 bits per heavy atom. The molecular formula is C31H25N3O. The molecule has 1 aliphatic rings. The lowest BCUT2D eigenvalue weighted by molar-refractivity contribution is -0.128. The molecule has 1 fully saturated rings. The molecule has 0 bridgehead atoms. The van der Waals surface area contributed by atoms with Gasteiger partial charge in [-0.2, -0.15) is 5.10 Å². The number of hydrogen-bond acceptors (Lipinski definition) is 3. The van der Waals surface area contributed by atoms with Crippen molar-refractivity contribution in [2.45, 2.75) is 12.7 Å². The molecule has 0 unspecified atom stereocenters. The van der Waals surface area contributed by atoms with Gasteiger partial charge in [0.25, 0.3) is 5.91 Å². The molecule has 5 aromatic rings. The second kappa shape index (κ2) is 9.16. The van der Waals surface area contributed by atoms with Crippen molar-refractivity contribution in [1.29, 1.82) is 0 Å². The summed E-state index contributed by atoms with van der Waals surface area (Å²) in [6, 6.07) is 39.3.